The Balaban J connectivity index is 2.02. The first-order valence-corrected chi connectivity index (χ1v) is 7.56. The zero-order chi connectivity index (χ0) is 15.0. The number of anilines is 2. The molecule has 0 radical (unpaired) electrons. The van der Waals surface area contributed by atoms with Crippen LogP contribution < -0.4 is 11.1 Å². The summed E-state index contributed by atoms with van der Waals surface area (Å²) in [7, 11) is 0. The van der Waals surface area contributed by atoms with Crippen LogP contribution >= 0.6 is 35.2 Å². The minimum absolute atomic E-state index is 0.000226. The minimum atomic E-state index is -0.461. The average Bonchev–Trinajstić information content (AvgIpc) is 2.79. The van der Waals surface area contributed by atoms with E-state index in [1.807, 2.05) is 12.1 Å². The van der Waals surface area contributed by atoms with Gasteiger partial charge in [-0.05, 0) is 30.3 Å². The van der Waals surface area contributed by atoms with Gasteiger partial charge in [0.15, 0.2) is 5.13 Å². The van der Waals surface area contributed by atoms with Gasteiger partial charge >= 0.3 is 0 Å². The van der Waals surface area contributed by atoms with E-state index in [-0.39, 0.29) is 10.6 Å². The standard InChI is InChI=1S/C14H9ClFN3S2/c15-7-4-5-9-11(6-7)21-14(18-9)19-10-3-1-2-8(16)12(10)13(17)20/h1-6H,(H2,17,20)(H,18,19). The number of nitrogens with one attached hydrogen (secondary N) is 1. The molecule has 3 N–H and O–H groups in total. The maximum absolute atomic E-state index is 13.8. The zero-order valence-corrected chi connectivity index (χ0v) is 13.0. The summed E-state index contributed by atoms with van der Waals surface area (Å²) in [5.74, 6) is -0.461. The van der Waals surface area contributed by atoms with Gasteiger partial charge in [0.05, 0.1) is 21.5 Å². The van der Waals surface area contributed by atoms with Gasteiger partial charge in [-0.2, -0.15) is 0 Å². The molecule has 0 bridgehead atoms. The lowest BCUT2D eigenvalue weighted by atomic mass is 10.1. The van der Waals surface area contributed by atoms with Crippen LogP contribution in [0.4, 0.5) is 15.2 Å². The molecule has 0 spiro atoms. The van der Waals surface area contributed by atoms with Crippen LogP contribution in [-0.4, -0.2) is 9.97 Å². The number of nitrogens with two attached hydrogens (primary N) is 1. The molecule has 0 aliphatic heterocycles. The first kappa shape index (κ1) is 14.2. The van der Waals surface area contributed by atoms with E-state index in [0.717, 1.165) is 10.2 Å². The summed E-state index contributed by atoms with van der Waals surface area (Å²) in [6.07, 6.45) is 0. The molecule has 0 fully saturated rings. The molecule has 1 heterocycles. The fraction of sp³-hybridized carbons (Fsp3) is 0. The van der Waals surface area contributed by atoms with E-state index in [9.17, 15) is 4.39 Å². The molecule has 106 valence electrons. The summed E-state index contributed by atoms with van der Waals surface area (Å²) in [4.78, 5) is 4.42. The van der Waals surface area contributed by atoms with Crippen molar-refractivity contribution < 1.29 is 4.39 Å². The third-order valence-electron chi connectivity index (χ3n) is 2.85. The topological polar surface area (TPSA) is 50.9 Å². The number of fused-ring (bicyclic) bond motifs is 1. The molecule has 0 aliphatic carbocycles. The van der Waals surface area contributed by atoms with Gasteiger partial charge in [-0.3, -0.25) is 0 Å². The lowest BCUT2D eigenvalue weighted by molar-refractivity contribution is 0.626. The molecule has 0 atom stereocenters. The van der Waals surface area contributed by atoms with E-state index in [1.54, 1.807) is 18.2 Å². The summed E-state index contributed by atoms with van der Waals surface area (Å²) in [6.45, 7) is 0. The van der Waals surface area contributed by atoms with Crippen molar-refractivity contribution in [3.8, 4) is 0 Å². The molecule has 0 amide bonds. The molecule has 21 heavy (non-hydrogen) atoms. The average molecular weight is 338 g/mol. The van der Waals surface area contributed by atoms with E-state index in [2.05, 4.69) is 10.3 Å². The fourth-order valence-corrected chi connectivity index (χ4v) is 3.31. The summed E-state index contributed by atoms with van der Waals surface area (Å²) in [5.41, 5.74) is 7.08. The van der Waals surface area contributed by atoms with Crippen LogP contribution in [0.3, 0.4) is 0 Å². The molecule has 3 nitrogen and oxygen atoms in total. The quantitative estimate of drug-likeness (QED) is 0.692. The number of aromatic nitrogens is 1. The highest BCUT2D eigenvalue weighted by atomic mass is 35.5. The minimum Gasteiger partial charge on any atom is -0.389 e. The molecular weight excluding hydrogens is 329 g/mol. The first-order valence-electron chi connectivity index (χ1n) is 5.96. The van der Waals surface area contributed by atoms with Gasteiger partial charge in [0.1, 0.15) is 10.8 Å². The van der Waals surface area contributed by atoms with Crippen molar-refractivity contribution in [2.24, 2.45) is 5.73 Å². The first-order chi connectivity index (χ1) is 10.0. The Kier molecular flexibility index (Phi) is 3.75. The highest BCUT2D eigenvalue weighted by Crippen LogP contribution is 2.31. The van der Waals surface area contributed by atoms with E-state index < -0.39 is 5.82 Å². The Morgan fingerprint density at radius 3 is 2.90 bits per heavy atom. The van der Waals surface area contributed by atoms with Gasteiger partial charge in [-0.1, -0.05) is 41.2 Å². The van der Waals surface area contributed by atoms with Crippen molar-refractivity contribution in [3.63, 3.8) is 0 Å². The second kappa shape index (κ2) is 5.55. The number of thiocarbonyl (C=S) groups is 1. The van der Waals surface area contributed by atoms with Gasteiger partial charge in [-0.15, -0.1) is 0 Å². The Hall–Kier alpha value is -1.76. The number of hydrogen-bond donors (Lipinski definition) is 2. The molecule has 0 saturated heterocycles. The number of thiazole rings is 1. The molecule has 0 saturated carbocycles. The number of hydrogen-bond acceptors (Lipinski definition) is 4. The van der Waals surface area contributed by atoms with Crippen LogP contribution in [0.5, 0.6) is 0 Å². The molecular formula is C14H9ClFN3S2. The predicted octanol–water partition coefficient (Wildman–Crippen LogP) is 4.47. The van der Waals surface area contributed by atoms with Crippen LogP contribution in [0.15, 0.2) is 36.4 Å². The van der Waals surface area contributed by atoms with E-state index >= 15 is 0 Å². The third kappa shape index (κ3) is 2.83. The maximum Gasteiger partial charge on any atom is 0.188 e. The highest BCUT2D eigenvalue weighted by Gasteiger charge is 2.13. The van der Waals surface area contributed by atoms with E-state index in [0.29, 0.717) is 15.8 Å². The summed E-state index contributed by atoms with van der Waals surface area (Å²) in [5, 5.41) is 4.33. The molecule has 3 rings (SSSR count). The predicted molar refractivity (Wildman–Crippen MR) is 90.2 cm³/mol. The second-order valence-electron chi connectivity index (χ2n) is 4.28. The molecule has 0 unspecified atom stereocenters. The number of halogens is 2. The van der Waals surface area contributed by atoms with Crippen molar-refractivity contribution in [1.82, 2.24) is 4.98 Å². The number of benzene rings is 2. The third-order valence-corrected chi connectivity index (χ3v) is 4.22. The number of nitrogens with zero attached hydrogens (tertiary/aromatic N) is 1. The van der Waals surface area contributed by atoms with Crippen LogP contribution in [-0.2, 0) is 0 Å². The van der Waals surface area contributed by atoms with Crippen LogP contribution in [0, 0.1) is 5.82 Å². The zero-order valence-electron chi connectivity index (χ0n) is 10.6. The Morgan fingerprint density at radius 1 is 1.33 bits per heavy atom. The van der Waals surface area contributed by atoms with E-state index in [1.165, 1.54) is 17.4 Å². The van der Waals surface area contributed by atoms with Crippen LogP contribution in [0.2, 0.25) is 5.02 Å². The number of rotatable bonds is 3. The van der Waals surface area contributed by atoms with Crippen molar-refractivity contribution in [1.29, 1.82) is 0 Å². The van der Waals surface area contributed by atoms with Crippen LogP contribution in [0.25, 0.3) is 10.2 Å². The normalized spacial score (nSPS) is 10.8. The van der Waals surface area contributed by atoms with Gasteiger partial charge in [0, 0.05) is 5.02 Å². The lowest BCUT2D eigenvalue weighted by Crippen LogP contribution is -2.14. The van der Waals surface area contributed by atoms with Crippen molar-refractivity contribution in [2.45, 2.75) is 0 Å². The monoisotopic (exact) mass is 337 g/mol. The fourth-order valence-electron chi connectivity index (χ4n) is 1.95. The van der Waals surface area contributed by atoms with Gasteiger partial charge < -0.3 is 11.1 Å². The van der Waals surface area contributed by atoms with Gasteiger partial charge in [0.2, 0.25) is 0 Å². The largest absolute Gasteiger partial charge is 0.389 e. The van der Waals surface area contributed by atoms with Crippen LogP contribution in [0.1, 0.15) is 5.56 Å². The SMILES string of the molecule is NC(=S)c1c(F)cccc1Nc1nc2ccc(Cl)cc2s1. The molecule has 0 aliphatic rings. The molecule has 7 heteroatoms. The molecule has 3 aromatic rings. The maximum atomic E-state index is 13.8. The molecule has 2 aromatic carbocycles. The summed E-state index contributed by atoms with van der Waals surface area (Å²) in [6, 6.07) is 10.0. The van der Waals surface area contributed by atoms with E-state index in [4.69, 9.17) is 29.6 Å². The van der Waals surface area contributed by atoms with Gasteiger partial charge in [-0.25, -0.2) is 9.37 Å². The lowest BCUT2D eigenvalue weighted by Gasteiger charge is -2.09. The smallest absolute Gasteiger partial charge is 0.188 e. The Labute approximate surface area is 134 Å². The Bertz CT molecular complexity index is 847. The molecule has 1 aromatic heterocycles. The summed E-state index contributed by atoms with van der Waals surface area (Å²) < 4.78 is 14.8. The summed E-state index contributed by atoms with van der Waals surface area (Å²) >= 11 is 12.3. The Morgan fingerprint density at radius 2 is 2.14 bits per heavy atom. The van der Waals surface area contributed by atoms with Crippen molar-refractivity contribution >= 4 is 61.2 Å². The second-order valence-corrected chi connectivity index (χ2v) is 6.19. The highest BCUT2D eigenvalue weighted by molar-refractivity contribution is 7.80. The van der Waals surface area contributed by atoms with Gasteiger partial charge in [0.25, 0.3) is 0 Å². The van der Waals surface area contributed by atoms with Crippen molar-refractivity contribution in [2.75, 3.05) is 5.32 Å². The van der Waals surface area contributed by atoms with Crippen molar-refractivity contribution in [3.05, 3.63) is 52.8 Å².